The number of ether oxygens (including phenoxy) is 2. The quantitative estimate of drug-likeness (QED) is 0.470. The molecule has 31 heavy (non-hydrogen) atoms. The van der Waals surface area contributed by atoms with E-state index in [1.807, 2.05) is 36.8 Å². The number of hydrogen-bond acceptors (Lipinski definition) is 8. The minimum absolute atomic E-state index is 0.700. The number of methoxy groups -OCH3 is 2. The lowest BCUT2D eigenvalue weighted by molar-refractivity contribution is 0.355. The molecular formula is C23H23N5O2S. The van der Waals surface area contributed by atoms with E-state index in [9.17, 15) is 0 Å². The standard InChI is InChI=1S/C23H23N5O2S/c1-29-20-4-3-16(14-21(20)30-2)17-13-19-22(25-15-17)23(31-26-19)28-11-9-27(10-12-28)18-5-7-24-8-6-18/h3-8,13-15H,9-12H2,1-2H3. The molecule has 1 saturated heterocycles. The SMILES string of the molecule is COc1ccc(-c2cnc3c(N4CCN(c5ccncc5)CC4)snc3c2)cc1OC. The van der Waals surface area contributed by atoms with E-state index in [1.165, 1.54) is 17.2 Å². The lowest BCUT2D eigenvalue weighted by Crippen LogP contribution is -2.46. The van der Waals surface area contributed by atoms with Crippen LogP contribution in [0.25, 0.3) is 22.2 Å². The highest BCUT2D eigenvalue weighted by molar-refractivity contribution is 7.11. The maximum absolute atomic E-state index is 5.44. The van der Waals surface area contributed by atoms with Gasteiger partial charge in [0.15, 0.2) is 11.5 Å². The van der Waals surface area contributed by atoms with Crippen molar-refractivity contribution in [2.24, 2.45) is 0 Å². The van der Waals surface area contributed by atoms with Crippen molar-refractivity contribution < 1.29 is 9.47 Å². The van der Waals surface area contributed by atoms with Gasteiger partial charge in [0.25, 0.3) is 0 Å². The molecule has 1 aromatic carbocycles. The molecule has 4 aromatic rings. The van der Waals surface area contributed by atoms with Gasteiger partial charge in [0.05, 0.1) is 14.2 Å². The molecule has 3 aromatic heterocycles. The van der Waals surface area contributed by atoms with Crippen molar-refractivity contribution in [2.45, 2.75) is 0 Å². The fraction of sp³-hybridized carbons (Fsp3) is 0.261. The topological polar surface area (TPSA) is 63.6 Å². The smallest absolute Gasteiger partial charge is 0.161 e. The fourth-order valence-corrected chi connectivity index (χ4v) is 4.79. The first-order chi connectivity index (χ1) is 15.3. The van der Waals surface area contributed by atoms with Crippen LogP contribution in [0.4, 0.5) is 10.7 Å². The van der Waals surface area contributed by atoms with E-state index >= 15 is 0 Å². The normalized spacial score (nSPS) is 14.1. The number of fused-ring (bicyclic) bond motifs is 1. The summed E-state index contributed by atoms with van der Waals surface area (Å²) in [6, 6.07) is 12.1. The van der Waals surface area contributed by atoms with E-state index in [0.29, 0.717) is 11.5 Å². The molecule has 1 fully saturated rings. The van der Waals surface area contributed by atoms with E-state index in [1.54, 1.807) is 14.2 Å². The molecule has 0 bridgehead atoms. The molecule has 1 aliphatic heterocycles. The maximum atomic E-state index is 5.44. The van der Waals surface area contributed by atoms with Gasteiger partial charge in [0.1, 0.15) is 16.0 Å². The number of benzene rings is 1. The highest BCUT2D eigenvalue weighted by atomic mass is 32.1. The summed E-state index contributed by atoms with van der Waals surface area (Å²) in [4.78, 5) is 13.7. The van der Waals surface area contributed by atoms with E-state index in [2.05, 4.69) is 33.0 Å². The maximum Gasteiger partial charge on any atom is 0.161 e. The summed E-state index contributed by atoms with van der Waals surface area (Å²) in [5.74, 6) is 1.41. The summed E-state index contributed by atoms with van der Waals surface area (Å²) >= 11 is 1.52. The molecule has 1 aliphatic rings. The van der Waals surface area contributed by atoms with Crippen LogP contribution in [0.3, 0.4) is 0 Å². The van der Waals surface area contributed by atoms with Crippen LogP contribution in [-0.4, -0.2) is 54.7 Å². The number of pyridine rings is 2. The van der Waals surface area contributed by atoms with Gasteiger partial charge < -0.3 is 19.3 Å². The molecule has 8 heteroatoms. The lowest BCUT2D eigenvalue weighted by Gasteiger charge is -2.36. The number of aromatic nitrogens is 3. The zero-order chi connectivity index (χ0) is 21.2. The Labute approximate surface area is 185 Å². The Bertz CT molecular complexity index is 1190. The molecule has 0 N–H and O–H groups in total. The fourth-order valence-electron chi connectivity index (χ4n) is 3.93. The Balaban J connectivity index is 1.37. The third kappa shape index (κ3) is 3.74. The largest absolute Gasteiger partial charge is 0.493 e. The Morgan fingerprint density at radius 3 is 2.32 bits per heavy atom. The Kier molecular flexibility index (Phi) is 5.30. The molecule has 0 atom stereocenters. The van der Waals surface area contributed by atoms with Crippen LogP contribution in [0.5, 0.6) is 11.5 Å². The Hall–Kier alpha value is -3.39. The van der Waals surface area contributed by atoms with Crippen molar-refractivity contribution in [3.8, 4) is 22.6 Å². The third-order valence-electron chi connectivity index (χ3n) is 5.61. The summed E-state index contributed by atoms with van der Waals surface area (Å²) in [6.45, 7) is 3.82. The predicted molar refractivity (Wildman–Crippen MR) is 125 cm³/mol. The first kappa shape index (κ1) is 19.6. The monoisotopic (exact) mass is 433 g/mol. The number of rotatable bonds is 5. The van der Waals surface area contributed by atoms with Gasteiger partial charge in [-0.2, -0.15) is 4.37 Å². The van der Waals surface area contributed by atoms with E-state index < -0.39 is 0 Å². The molecule has 0 unspecified atom stereocenters. The zero-order valence-corrected chi connectivity index (χ0v) is 18.3. The van der Waals surface area contributed by atoms with Crippen molar-refractivity contribution >= 4 is 33.3 Å². The van der Waals surface area contributed by atoms with Crippen molar-refractivity contribution in [1.29, 1.82) is 0 Å². The highest BCUT2D eigenvalue weighted by Gasteiger charge is 2.22. The third-order valence-corrected chi connectivity index (χ3v) is 6.52. The Morgan fingerprint density at radius 2 is 1.58 bits per heavy atom. The van der Waals surface area contributed by atoms with Crippen LogP contribution in [0.1, 0.15) is 0 Å². The minimum Gasteiger partial charge on any atom is -0.493 e. The Morgan fingerprint density at radius 1 is 0.839 bits per heavy atom. The second-order valence-corrected chi connectivity index (χ2v) is 8.08. The molecular weight excluding hydrogens is 410 g/mol. The molecule has 0 amide bonds. The molecule has 5 rings (SSSR count). The average Bonchev–Trinajstić information content (AvgIpc) is 3.27. The van der Waals surface area contributed by atoms with Crippen molar-refractivity contribution in [1.82, 2.24) is 14.3 Å². The zero-order valence-electron chi connectivity index (χ0n) is 17.5. The van der Waals surface area contributed by atoms with Gasteiger partial charge >= 0.3 is 0 Å². The van der Waals surface area contributed by atoms with Crippen LogP contribution >= 0.6 is 11.5 Å². The van der Waals surface area contributed by atoms with Gasteiger partial charge in [0, 0.05) is 56.0 Å². The van der Waals surface area contributed by atoms with Crippen molar-refractivity contribution in [3.63, 3.8) is 0 Å². The van der Waals surface area contributed by atoms with Crippen LogP contribution in [0, 0.1) is 0 Å². The number of hydrogen-bond donors (Lipinski definition) is 0. The van der Waals surface area contributed by atoms with E-state index in [0.717, 1.165) is 53.3 Å². The number of piperazine rings is 1. The van der Waals surface area contributed by atoms with Gasteiger partial charge in [-0.1, -0.05) is 6.07 Å². The van der Waals surface area contributed by atoms with Gasteiger partial charge in [-0.3, -0.25) is 9.97 Å². The van der Waals surface area contributed by atoms with Gasteiger partial charge in [0.2, 0.25) is 0 Å². The summed E-state index contributed by atoms with van der Waals surface area (Å²) < 4.78 is 15.5. The summed E-state index contributed by atoms with van der Waals surface area (Å²) in [5, 5.41) is 1.14. The van der Waals surface area contributed by atoms with Crippen LogP contribution in [0.15, 0.2) is 55.0 Å². The molecule has 7 nitrogen and oxygen atoms in total. The second-order valence-electron chi connectivity index (χ2n) is 7.33. The van der Waals surface area contributed by atoms with Crippen molar-refractivity contribution in [2.75, 3.05) is 50.2 Å². The number of nitrogens with zero attached hydrogens (tertiary/aromatic N) is 5. The molecule has 0 radical (unpaired) electrons. The first-order valence-corrected chi connectivity index (χ1v) is 10.9. The summed E-state index contributed by atoms with van der Waals surface area (Å²) in [6.07, 6.45) is 5.60. The van der Waals surface area contributed by atoms with Gasteiger partial charge in [-0.25, -0.2) is 0 Å². The summed E-state index contributed by atoms with van der Waals surface area (Å²) in [7, 11) is 3.28. The average molecular weight is 434 g/mol. The highest BCUT2D eigenvalue weighted by Crippen LogP contribution is 2.35. The molecule has 158 valence electrons. The molecule has 0 saturated carbocycles. The second kappa shape index (κ2) is 8.39. The minimum atomic E-state index is 0.700. The molecule has 4 heterocycles. The van der Waals surface area contributed by atoms with Crippen molar-refractivity contribution in [3.05, 3.63) is 55.0 Å². The molecule has 0 aliphatic carbocycles. The van der Waals surface area contributed by atoms with E-state index in [4.69, 9.17) is 18.8 Å². The van der Waals surface area contributed by atoms with E-state index in [-0.39, 0.29) is 0 Å². The van der Waals surface area contributed by atoms with Gasteiger partial charge in [-0.05, 0) is 47.4 Å². The molecule has 0 spiro atoms. The summed E-state index contributed by atoms with van der Waals surface area (Å²) in [5.41, 5.74) is 5.14. The van der Waals surface area contributed by atoms with Gasteiger partial charge in [-0.15, -0.1) is 0 Å². The number of anilines is 2. The van der Waals surface area contributed by atoms with Crippen LogP contribution < -0.4 is 19.3 Å². The predicted octanol–water partition coefficient (Wildman–Crippen LogP) is 4.10. The lowest BCUT2D eigenvalue weighted by atomic mass is 10.1. The van der Waals surface area contributed by atoms with Crippen LogP contribution in [-0.2, 0) is 0 Å². The first-order valence-electron chi connectivity index (χ1n) is 10.1. The van der Waals surface area contributed by atoms with Crippen LogP contribution in [0.2, 0.25) is 0 Å².